The smallest absolute Gasteiger partial charge is 0.242 e. The maximum absolute atomic E-state index is 12.5. The summed E-state index contributed by atoms with van der Waals surface area (Å²) in [6.07, 6.45) is 3.75. The van der Waals surface area contributed by atoms with Gasteiger partial charge in [-0.15, -0.1) is 0 Å². The highest BCUT2D eigenvalue weighted by atomic mass is 32.2. The van der Waals surface area contributed by atoms with Crippen molar-refractivity contribution in [3.05, 3.63) is 66.2 Å². The Balaban J connectivity index is 1.65. The lowest BCUT2D eigenvalue weighted by atomic mass is 10.2. The lowest BCUT2D eigenvalue weighted by Gasteiger charge is -2.11. The Hall–Kier alpha value is -2.62. The third kappa shape index (κ3) is 4.13. The van der Waals surface area contributed by atoms with E-state index < -0.39 is 10.0 Å². The molecule has 0 unspecified atom stereocenters. The second-order valence-corrected chi connectivity index (χ2v) is 10.5. The van der Waals surface area contributed by atoms with Crippen molar-refractivity contribution in [2.24, 2.45) is 0 Å². The molecule has 0 aliphatic heterocycles. The maximum atomic E-state index is 12.5. The molecule has 0 atom stereocenters. The first-order valence-corrected chi connectivity index (χ1v) is 12.4. The van der Waals surface area contributed by atoms with Crippen LogP contribution in [-0.2, 0) is 22.3 Å². The number of rotatable bonds is 7. The van der Waals surface area contributed by atoms with Crippen LogP contribution in [0.25, 0.3) is 16.7 Å². The monoisotopic (exact) mass is 455 g/mol. The van der Waals surface area contributed by atoms with E-state index in [1.165, 1.54) is 24.0 Å². The molecule has 31 heavy (non-hydrogen) atoms. The fourth-order valence-corrected chi connectivity index (χ4v) is 5.34. The molecule has 9 heteroatoms. The highest BCUT2D eigenvalue weighted by Gasteiger charge is 2.20. The molecule has 0 bridgehead atoms. The van der Waals surface area contributed by atoms with Gasteiger partial charge in [0.2, 0.25) is 10.0 Å². The van der Waals surface area contributed by atoms with Crippen molar-refractivity contribution in [2.75, 3.05) is 14.1 Å². The number of nitrogens with zero attached hydrogens (tertiary/aromatic N) is 5. The quantitative estimate of drug-likeness (QED) is 0.393. The Bertz CT molecular complexity index is 1340. The normalized spacial score (nSPS) is 12.2. The Morgan fingerprint density at radius 2 is 1.94 bits per heavy atom. The summed E-state index contributed by atoms with van der Waals surface area (Å²) in [6, 6.07) is 13.4. The molecule has 0 aliphatic rings. The van der Waals surface area contributed by atoms with Gasteiger partial charge in [-0.3, -0.25) is 4.57 Å². The number of sulfonamides is 1. The molecule has 2 aromatic carbocycles. The van der Waals surface area contributed by atoms with Crippen LogP contribution in [0.1, 0.15) is 18.3 Å². The highest BCUT2D eigenvalue weighted by Crippen LogP contribution is 2.27. The summed E-state index contributed by atoms with van der Waals surface area (Å²) in [5, 5.41) is 0.885. The summed E-state index contributed by atoms with van der Waals surface area (Å²) in [7, 11) is -0.440. The molecule has 7 nitrogen and oxygen atoms in total. The van der Waals surface area contributed by atoms with Gasteiger partial charge in [-0.2, -0.15) is 0 Å². The topological polar surface area (TPSA) is 73.0 Å². The molecule has 0 spiro atoms. The van der Waals surface area contributed by atoms with Gasteiger partial charge in [-0.1, -0.05) is 23.9 Å². The van der Waals surface area contributed by atoms with E-state index in [1.54, 1.807) is 30.1 Å². The molecule has 0 N–H and O–H groups in total. The molecule has 2 aromatic heterocycles. The van der Waals surface area contributed by atoms with Crippen molar-refractivity contribution >= 4 is 32.8 Å². The molecule has 0 saturated heterocycles. The molecule has 0 radical (unpaired) electrons. The van der Waals surface area contributed by atoms with Crippen molar-refractivity contribution < 1.29 is 8.42 Å². The van der Waals surface area contributed by atoms with Crippen molar-refractivity contribution in [3.8, 4) is 5.69 Å². The summed E-state index contributed by atoms with van der Waals surface area (Å²) < 4.78 is 30.4. The van der Waals surface area contributed by atoms with E-state index in [-0.39, 0.29) is 4.90 Å². The molecule has 0 fully saturated rings. The number of fused-ring (bicyclic) bond motifs is 1. The average molecular weight is 456 g/mol. The van der Waals surface area contributed by atoms with Gasteiger partial charge in [-0.05, 0) is 49.7 Å². The van der Waals surface area contributed by atoms with Gasteiger partial charge < -0.3 is 4.57 Å². The minimum Gasteiger partial charge on any atom is -0.328 e. The van der Waals surface area contributed by atoms with E-state index in [9.17, 15) is 8.42 Å². The van der Waals surface area contributed by atoms with Crippen LogP contribution in [0.15, 0.2) is 64.9 Å². The summed E-state index contributed by atoms with van der Waals surface area (Å²) in [5.41, 5.74) is 3.88. The molecular formula is C22H25N5O2S2. The van der Waals surface area contributed by atoms with Gasteiger partial charge in [0.1, 0.15) is 5.82 Å². The Labute approximate surface area is 186 Å². The van der Waals surface area contributed by atoms with Crippen LogP contribution in [0.3, 0.4) is 0 Å². The van der Waals surface area contributed by atoms with Crippen LogP contribution in [0.4, 0.5) is 0 Å². The number of aryl methyl sites for hydroxylation is 2. The minimum atomic E-state index is -3.50. The highest BCUT2D eigenvalue weighted by molar-refractivity contribution is 7.98. The zero-order valence-corrected chi connectivity index (χ0v) is 19.6. The second-order valence-electron chi connectivity index (χ2n) is 7.42. The average Bonchev–Trinajstić information content (AvgIpc) is 3.35. The minimum absolute atomic E-state index is 0.250. The van der Waals surface area contributed by atoms with E-state index in [1.807, 2.05) is 18.3 Å². The van der Waals surface area contributed by atoms with Crippen molar-refractivity contribution in [3.63, 3.8) is 0 Å². The Morgan fingerprint density at radius 1 is 1.13 bits per heavy atom. The van der Waals surface area contributed by atoms with Gasteiger partial charge in [0.25, 0.3) is 0 Å². The fourth-order valence-electron chi connectivity index (χ4n) is 3.49. The Morgan fingerprint density at radius 3 is 2.65 bits per heavy atom. The lowest BCUT2D eigenvalue weighted by molar-refractivity contribution is 0.521. The first kappa shape index (κ1) is 21.6. The zero-order valence-electron chi connectivity index (χ0n) is 18.0. The van der Waals surface area contributed by atoms with Crippen LogP contribution in [0.2, 0.25) is 0 Å². The summed E-state index contributed by atoms with van der Waals surface area (Å²) in [6.45, 7) is 4.88. The molecule has 0 amide bonds. The molecule has 162 valence electrons. The van der Waals surface area contributed by atoms with E-state index in [2.05, 4.69) is 46.2 Å². The Kier molecular flexibility index (Phi) is 5.92. The van der Waals surface area contributed by atoms with Gasteiger partial charge in [-0.25, -0.2) is 22.7 Å². The standard InChI is InChI=1S/C22H25N5O2S2/c1-5-26-20-10-9-18(31(28,29)25(3)4)14-19(20)24-21(26)15-30-22-23-11-12-27(22)17-8-6-7-16(2)13-17/h6-14H,5,15H2,1-4H3. The number of imidazole rings is 2. The number of aromatic nitrogens is 4. The molecule has 0 saturated carbocycles. The molecule has 4 aromatic rings. The number of hydrogen-bond donors (Lipinski definition) is 0. The third-order valence-electron chi connectivity index (χ3n) is 5.11. The number of hydrogen-bond acceptors (Lipinski definition) is 5. The maximum Gasteiger partial charge on any atom is 0.242 e. The summed E-state index contributed by atoms with van der Waals surface area (Å²) in [4.78, 5) is 9.52. The third-order valence-corrected chi connectivity index (χ3v) is 7.88. The largest absolute Gasteiger partial charge is 0.328 e. The van der Waals surface area contributed by atoms with E-state index in [4.69, 9.17) is 4.98 Å². The number of thioether (sulfide) groups is 1. The van der Waals surface area contributed by atoms with Gasteiger partial charge in [0.15, 0.2) is 5.16 Å². The van der Waals surface area contributed by atoms with Crippen molar-refractivity contribution in [1.82, 2.24) is 23.4 Å². The van der Waals surface area contributed by atoms with E-state index in [0.717, 1.165) is 28.7 Å². The van der Waals surface area contributed by atoms with Crippen LogP contribution in [0.5, 0.6) is 0 Å². The van der Waals surface area contributed by atoms with Gasteiger partial charge in [0, 0.05) is 38.7 Å². The van der Waals surface area contributed by atoms with Gasteiger partial charge in [0.05, 0.1) is 21.7 Å². The van der Waals surface area contributed by atoms with Crippen LogP contribution < -0.4 is 0 Å². The molecule has 0 aliphatic carbocycles. The van der Waals surface area contributed by atoms with Crippen LogP contribution in [0, 0.1) is 6.92 Å². The first-order chi connectivity index (χ1) is 14.8. The lowest BCUT2D eigenvalue weighted by Crippen LogP contribution is -2.22. The fraction of sp³-hybridized carbons (Fsp3) is 0.273. The number of benzene rings is 2. The zero-order chi connectivity index (χ0) is 22.2. The molecule has 4 rings (SSSR count). The van der Waals surface area contributed by atoms with E-state index in [0.29, 0.717) is 11.3 Å². The van der Waals surface area contributed by atoms with E-state index >= 15 is 0 Å². The SMILES string of the molecule is CCn1c(CSc2nccn2-c2cccc(C)c2)nc2cc(S(=O)(=O)N(C)C)ccc21. The van der Waals surface area contributed by atoms with Gasteiger partial charge >= 0.3 is 0 Å². The second kappa shape index (κ2) is 8.49. The van der Waals surface area contributed by atoms with Crippen LogP contribution in [-0.4, -0.2) is 45.9 Å². The first-order valence-electron chi connectivity index (χ1n) is 9.96. The predicted octanol–water partition coefficient (Wildman–Crippen LogP) is 4.09. The van der Waals surface area contributed by atoms with Crippen molar-refractivity contribution in [1.29, 1.82) is 0 Å². The predicted molar refractivity (Wildman–Crippen MR) is 124 cm³/mol. The summed E-state index contributed by atoms with van der Waals surface area (Å²) in [5.74, 6) is 1.52. The van der Waals surface area contributed by atoms with Crippen molar-refractivity contribution in [2.45, 2.75) is 36.2 Å². The summed E-state index contributed by atoms with van der Waals surface area (Å²) >= 11 is 1.61. The molecular weight excluding hydrogens is 430 g/mol. The van der Waals surface area contributed by atoms with Crippen LogP contribution >= 0.6 is 11.8 Å². The molecule has 2 heterocycles.